The summed E-state index contributed by atoms with van der Waals surface area (Å²) in [5.41, 5.74) is 1.32. The van der Waals surface area contributed by atoms with Crippen LogP contribution >= 0.6 is 0 Å². The van der Waals surface area contributed by atoms with E-state index in [1.807, 2.05) is 12.1 Å². The largest absolute Gasteiger partial charge is 0.497 e. The van der Waals surface area contributed by atoms with Crippen molar-refractivity contribution < 1.29 is 9.84 Å². The lowest BCUT2D eigenvalue weighted by Gasteiger charge is -2.23. The molecule has 1 aromatic rings. The van der Waals surface area contributed by atoms with Gasteiger partial charge in [-0.25, -0.2) is 0 Å². The first-order valence-electron chi connectivity index (χ1n) is 6.75. The Hall–Kier alpha value is -1.06. The van der Waals surface area contributed by atoms with Crippen molar-refractivity contribution in [3.05, 3.63) is 29.8 Å². The van der Waals surface area contributed by atoms with Gasteiger partial charge in [0.05, 0.1) is 7.11 Å². The maximum absolute atomic E-state index is 8.99. The lowest BCUT2D eigenvalue weighted by Crippen LogP contribution is -2.32. The van der Waals surface area contributed by atoms with E-state index in [4.69, 9.17) is 9.84 Å². The molecule has 1 aliphatic rings. The Bertz CT molecular complexity index is 359. The van der Waals surface area contributed by atoms with Crippen molar-refractivity contribution in [2.24, 2.45) is 5.92 Å². The summed E-state index contributed by atoms with van der Waals surface area (Å²) < 4.78 is 5.19. The summed E-state index contributed by atoms with van der Waals surface area (Å²) in [4.78, 5) is 0. The number of nitrogens with one attached hydrogen (secondary N) is 1. The number of hydrogen-bond acceptors (Lipinski definition) is 3. The van der Waals surface area contributed by atoms with Gasteiger partial charge in [-0.05, 0) is 49.8 Å². The van der Waals surface area contributed by atoms with Gasteiger partial charge in [0.2, 0.25) is 0 Å². The third-order valence-corrected chi connectivity index (χ3v) is 3.59. The molecule has 0 aromatic heterocycles. The van der Waals surface area contributed by atoms with Gasteiger partial charge in [-0.1, -0.05) is 12.1 Å². The van der Waals surface area contributed by atoms with E-state index in [9.17, 15) is 0 Å². The quantitative estimate of drug-likeness (QED) is 0.780. The van der Waals surface area contributed by atoms with E-state index in [0.717, 1.165) is 18.1 Å². The minimum atomic E-state index is 0.244. The Morgan fingerprint density at radius 2 is 2.00 bits per heavy atom. The van der Waals surface area contributed by atoms with Crippen LogP contribution in [0, 0.1) is 5.92 Å². The van der Waals surface area contributed by atoms with Crippen molar-refractivity contribution in [2.75, 3.05) is 13.7 Å². The fourth-order valence-electron chi connectivity index (χ4n) is 2.33. The summed E-state index contributed by atoms with van der Waals surface area (Å²) in [6.45, 7) is 2.38. The molecule has 100 valence electrons. The smallest absolute Gasteiger partial charge is 0.118 e. The van der Waals surface area contributed by atoms with Crippen molar-refractivity contribution in [3.8, 4) is 5.75 Å². The maximum atomic E-state index is 8.99. The van der Waals surface area contributed by atoms with Crippen molar-refractivity contribution in [2.45, 2.75) is 38.3 Å². The van der Waals surface area contributed by atoms with E-state index >= 15 is 0 Å². The van der Waals surface area contributed by atoms with Gasteiger partial charge in [0, 0.05) is 18.7 Å². The topological polar surface area (TPSA) is 41.5 Å². The molecule has 2 rings (SSSR count). The van der Waals surface area contributed by atoms with Crippen molar-refractivity contribution in [1.29, 1.82) is 0 Å². The Morgan fingerprint density at radius 1 is 1.33 bits per heavy atom. The molecule has 1 unspecified atom stereocenters. The second-order valence-corrected chi connectivity index (χ2v) is 5.17. The molecule has 1 fully saturated rings. The highest BCUT2D eigenvalue weighted by atomic mass is 16.5. The lowest BCUT2D eigenvalue weighted by atomic mass is 10.0. The van der Waals surface area contributed by atoms with Gasteiger partial charge in [0.15, 0.2) is 0 Å². The second kappa shape index (κ2) is 6.21. The molecule has 0 heterocycles. The highest BCUT2D eigenvalue weighted by molar-refractivity contribution is 5.30. The number of hydrogen-bond donors (Lipinski definition) is 2. The van der Waals surface area contributed by atoms with E-state index in [-0.39, 0.29) is 6.61 Å². The van der Waals surface area contributed by atoms with E-state index in [0.29, 0.717) is 12.1 Å². The molecule has 3 nitrogen and oxygen atoms in total. The number of benzene rings is 1. The summed E-state index contributed by atoms with van der Waals surface area (Å²) >= 11 is 0. The summed E-state index contributed by atoms with van der Waals surface area (Å²) in [5, 5.41) is 12.6. The predicted molar refractivity (Wildman–Crippen MR) is 72.8 cm³/mol. The number of rotatable bonds is 7. The third kappa shape index (κ3) is 3.47. The van der Waals surface area contributed by atoms with E-state index in [2.05, 4.69) is 24.4 Å². The van der Waals surface area contributed by atoms with Crippen LogP contribution in [-0.2, 0) is 0 Å². The summed E-state index contributed by atoms with van der Waals surface area (Å²) in [6.07, 6.45) is 3.41. The summed E-state index contributed by atoms with van der Waals surface area (Å²) in [7, 11) is 1.69. The molecule has 0 bridgehead atoms. The highest BCUT2D eigenvalue weighted by Crippen LogP contribution is 2.41. The zero-order valence-electron chi connectivity index (χ0n) is 11.2. The summed E-state index contributed by atoms with van der Waals surface area (Å²) in [5.74, 6) is 1.65. The average Bonchev–Trinajstić information content (AvgIpc) is 3.21. The van der Waals surface area contributed by atoms with Crippen LogP contribution in [0.25, 0.3) is 0 Å². The fourth-order valence-corrected chi connectivity index (χ4v) is 2.33. The minimum absolute atomic E-state index is 0.244. The molecule has 0 aliphatic heterocycles. The molecule has 0 amide bonds. The molecule has 2 atom stereocenters. The van der Waals surface area contributed by atoms with Gasteiger partial charge in [-0.3, -0.25) is 0 Å². The van der Waals surface area contributed by atoms with Gasteiger partial charge >= 0.3 is 0 Å². The first-order chi connectivity index (χ1) is 8.74. The number of aliphatic hydroxyl groups excluding tert-OH is 1. The predicted octanol–water partition coefficient (Wildman–Crippen LogP) is 2.51. The minimum Gasteiger partial charge on any atom is -0.497 e. The monoisotopic (exact) mass is 249 g/mol. The molecule has 0 saturated heterocycles. The van der Waals surface area contributed by atoms with Gasteiger partial charge < -0.3 is 15.2 Å². The fraction of sp³-hybridized carbons (Fsp3) is 0.600. The Balaban J connectivity index is 2.04. The molecule has 3 heteroatoms. The third-order valence-electron chi connectivity index (χ3n) is 3.59. The van der Waals surface area contributed by atoms with Crippen LogP contribution in [0.3, 0.4) is 0 Å². The van der Waals surface area contributed by atoms with Crippen LogP contribution in [0.4, 0.5) is 0 Å². The molecule has 1 saturated carbocycles. The molecular formula is C15H23NO2. The molecular weight excluding hydrogens is 226 g/mol. The van der Waals surface area contributed by atoms with Crippen LogP contribution in [0.2, 0.25) is 0 Å². The van der Waals surface area contributed by atoms with Crippen molar-refractivity contribution >= 4 is 0 Å². The lowest BCUT2D eigenvalue weighted by molar-refractivity contribution is 0.260. The molecule has 0 spiro atoms. The van der Waals surface area contributed by atoms with Crippen LogP contribution in [-0.4, -0.2) is 24.9 Å². The number of methoxy groups -OCH3 is 1. The maximum Gasteiger partial charge on any atom is 0.118 e. The van der Waals surface area contributed by atoms with Crippen molar-refractivity contribution in [1.82, 2.24) is 5.32 Å². The zero-order valence-corrected chi connectivity index (χ0v) is 11.2. The normalized spacial score (nSPS) is 18.4. The Labute approximate surface area is 109 Å². The SMILES string of the molecule is COc1ccc(C(N[C@H](C)CCO)C2CC2)cc1. The van der Waals surface area contributed by atoms with E-state index < -0.39 is 0 Å². The van der Waals surface area contributed by atoms with Crippen molar-refractivity contribution in [3.63, 3.8) is 0 Å². The molecule has 1 aromatic carbocycles. The highest BCUT2D eigenvalue weighted by Gasteiger charge is 2.32. The second-order valence-electron chi connectivity index (χ2n) is 5.17. The molecule has 18 heavy (non-hydrogen) atoms. The summed E-state index contributed by atoms with van der Waals surface area (Å²) in [6, 6.07) is 9.08. The van der Waals surface area contributed by atoms with Crippen LogP contribution in [0.15, 0.2) is 24.3 Å². The first-order valence-corrected chi connectivity index (χ1v) is 6.75. The zero-order chi connectivity index (χ0) is 13.0. The molecule has 1 aliphatic carbocycles. The first kappa shape index (κ1) is 13.4. The standard InChI is InChI=1S/C15H23NO2/c1-11(9-10-17)16-15(12-3-4-12)13-5-7-14(18-2)8-6-13/h5-8,11-12,15-17H,3-4,9-10H2,1-2H3/t11-,15?/m1/s1. The van der Waals surface area contributed by atoms with Gasteiger partial charge in [0.1, 0.15) is 5.75 Å². The molecule has 0 radical (unpaired) electrons. The van der Waals surface area contributed by atoms with Gasteiger partial charge in [-0.2, -0.15) is 0 Å². The number of ether oxygens (including phenoxy) is 1. The Morgan fingerprint density at radius 3 is 2.50 bits per heavy atom. The Kier molecular flexibility index (Phi) is 4.61. The van der Waals surface area contributed by atoms with E-state index in [1.165, 1.54) is 18.4 Å². The molecule has 2 N–H and O–H groups in total. The van der Waals surface area contributed by atoms with Crippen LogP contribution in [0.1, 0.15) is 37.8 Å². The van der Waals surface area contributed by atoms with E-state index in [1.54, 1.807) is 7.11 Å². The van der Waals surface area contributed by atoms with Gasteiger partial charge in [0.25, 0.3) is 0 Å². The van der Waals surface area contributed by atoms with Crippen LogP contribution in [0.5, 0.6) is 5.75 Å². The van der Waals surface area contributed by atoms with Gasteiger partial charge in [-0.15, -0.1) is 0 Å². The number of aliphatic hydroxyl groups is 1. The average molecular weight is 249 g/mol. The van der Waals surface area contributed by atoms with Crippen LogP contribution < -0.4 is 10.1 Å².